The van der Waals surface area contributed by atoms with Crippen molar-refractivity contribution in [1.82, 2.24) is 24.5 Å². The predicted molar refractivity (Wildman–Crippen MR) is 115 cm³/mol. The highest BCUT2D eigenvalue weighted by Gasteiger charge is 2.28. The number of thioether (sulfide) groups is 1. The van der Waals surface area contributed by atoms with E-state index in [1.807, 2.05) is 26.2 Å². The molecule has 0 aliphatic carbocycles. The zero-order valence-electron chi connectivity index (χ0n) is 17.3. The lowest BCUT2D eigenvalue weighted by Crippen LogP contribution is -2.37. The lowest BCUT2D eigenvalue weighted by atomic mass is 10.0. The minimum absolute atomic E-state index is 0.241. The number of carbonyl (C=O) groups is 1. The lowest BCUT2D eigenvalue weighted by Gasteiger charge is -2.25. The fraction of sp³-hybridized carbons (Fsp3) is 0.455. The minimum Gasteiger partial charge on any atom is -0.339 e. The molecule has 1 fully saturated rings. The van der Waals surface area contributed by atoms with Crippen LogP contribution in [0.4, 0.5) is 0 Å². The van der Waals surface area contributed by atoms with Gasteiger partial charge in [0.1, 0.15) is 0 Å². The summed E-state index contributed by atoms with van der Waals surface area (Å²) in [4.78, 5) is 24.1. The monoisotopic (exact) mass is 409 g/mol. The summed E-state index contributed by atoms with van der Waals surface area (Å²) in [7, 11) is 0. The third-order valence-corrected chi connectivity index (χ3v) is 6.35. The topological polar surface area (TPSA) is 63.4 Å². The van der Waals surface area contributed by atoms with Crippen molar-refractivity contribution in [3.05, 3.63) is 52.8 Å². The highest BCUT2D eigenvalue weighted by Crippen LogP contribution is 2.24. The molecule has 1 amide bonds. The molecule has 1 aromatic carbocycles. The third-order valence-electron chi connectivity index (χ3n) is 5.81. The van der Waals surface area contributed by atoms with E-state index in [0.29, 0.717) is 29.8 Å². The first kappa shape index (κ1) is 19.9. The summed E-state index contributed by atoms with van der Waals surface area (Å²) in [5.41, 5.74) is 4.36. The number of rotatable bonds is 6. The fourth-order valence-electron chi connectivity index (χ4n) is 4.28. The van der Waals surface area contributed by atoms with Gasteiger partial charge in [0.2, 0.25) is 11.1 Å². The minimum atomic E-state index is 0.241. The molecule has 7 heteroatoms. The van der Waals surface area contributed by atoms with Crippen molar-refractivity contribution >= 4 is 23.4 Å². The summed E-state index contributed by atoms with van der Waals surface area (Å²) in [6.45, 7) is 4.90. The van der Waals surface area contributed by atoms with Crippen LogP contribution in [0.5, 0.6) is 0 Å². The zero-order valence-corrected chi connectivity index (χ0v) is 18.1. The van der Waals surface area contributed by atoms with Crippen LogP contribution in [0.1, 0.15) is 41.8 Å². The third kappa shape index (κ3) is 4.15. The molecular weight excluding hydrogens is 382 g/mol. The molecule has 0 saturated carbocycles. The average Bonchev–Trinajstić information content (AvgIpc) is 3.35. The standard InChI is InChI=1S/C22H27N5OS/c1-15-19(16(2)27-21(23-15)24-22(25-27)29-3)11-12-20(28)26-13-7-10-18(26)14-17-8-5-4-6-9-17/h4-6,8-9,18H,7,10-14H2,1-3H3. The lowest BCUT2D eigenvalue weighted by molar-refractivity contribution is -0.131. The molecule has 152 valence electrons. The van der Waals surface area contributed by atoms with Gasteiger partial charge in [0, 0.05) is 30.4 Å². The van der Waals surface area contributed by atoms with Crippen molar-refractivity contribution in [2.24, 2.45) is 0 Å². The van der Waals surface area contributed by atoms with Gasteiger partial charge in [-0.1, -0.05) is 42.1 Å². The largest absolute Gasteiger partial charge is 0.339 e. The van der Waals surface area contributed by atoms with Crippen LogP contribution in [0, 0.1) is 13.8 Å². The number of hydrogen-bond donors (Lipinski definition) is 0. The second-order valence-corrected chi connectivity index (χ2v) is 8.42. The molecule has 0 bridgehead atoms. The van der Waals surface area contributed by atoms with E-state index in [1.165, 1.54) is 17.3 Å². The Hall–Kier alpha value is -2.41. The van der Waals surface area contributed by atoms with Crippen LogP contribution in [0.25, 0.3) is 5.78 Å². The van der Waals surface area contributed by atoms with E-state index in [4.69, 9.17) is 0 Å². The van der Waals surface area contributed by atoms with E-state index >= 15 is 0 Å². The van der Waals surface area contributed by atoms with E-state index in [0.717, 1.165) is 42.8 Å². The van der Waals surface area contributed by atoms with E-state index in [9.17, 15) is 4.79 Å². The Bertz CT molecular complexity index is 1020. The van der Waals surface area contributed by atoms with Gasteiger partial charge in [-0.25, -0.2) is 9.50 Å². The van der Waals surface area contributed by atoms with Crippen LogP contribution in [-0.2, 0) is 17.6 Å². The summed E-state index contributed by atoms with van der Waals surface area (Å²) in [5.74, 6) is 0.868. The number of aromatic nitrogens is 4. The Morgan fingerprint density at radius 2 is 2.00 bits per heavy atom. The van der Waals surface area contributed by atoms with Gasteiger partial charge in [0.05, 0.1) is 0 Å². The van der Waals surface area contributed by atoms with Crippen LogP contribution < -0.4 is 0 Å². The maximum absolute atomic E-state index is 13.0. The maximum Gasteiger partial charge on any atom is 0.253 e. The second-order valence-electron chi connectivity index (χ2n) is 7.64. The molecule has 1 aliphatic heterocycles. The van der Waals surface area contributed by atoms with E-state index < -0.39 is 0 Å². The van der Waals surface area contributed by atoms with E-state index in [1.54, 1.807) is 4.52 Å². The zero-order chi connectivity index (χ0) is 20.4. The average molecular weight is 410 g/mol. The van der Waals surface area contributed by atoms with Gasteiger partial charge >= 0.3 is 0 Å². The molecule has 1 atom stereocenters. The molecule has 0 radical (unpaired) electrons. The summed E-state index contributed by atoms with van der Waals surface area (Å²) in [6.07, 6.45) is 6.26. The molecule has 0 spiro atoms. The number of fused-ring (bicyclic) bond motifs is 1. The number of likely N-dealkylation sites (tertiary alicyclic amines) is 1. The van der Waals surface area contributed by atoms with Crippen LogP contribution in [0.3, 0.4) is 0 Å². The van der Waals surface area contributed by atoms with Crippen molar-refractivity contribution in [1.29, 1.82) is 0 Å². The van der Waals surface area contributed by atoms with E-state index in [2.05, 4.69) is 44.2 Å². The number of hydrogen-bond acceptors (Lipinski definition) is 5. The van der Waals surface area contributed by atoms with Crippen molar-refractivity contribution in [2.75, 3.05) is 12.8 Å². The van der Waals surface area contributed by atoms with Crippen molar-refractivity contribution in [3.8, 4) is 0 Å². The van der Waals surface area contributed by atoms with Crippen LogP contribution in [0.15, 0.2) is 35.5 Å². The van der Waals surface area contributed by atoms with Gasteiger partial charge in [-0.05, 0) is 56.9 Å². The molecule has 4 rings (SSSR count). The number of amides is 1. The number of aryl methyl sites for hydroxylation is 2. The Labute approximate surface area is 175 Å². The first-order valence-electron chi connectivity index (χ1n) is 10.2. The molecule has 3 heterocycles. The number of carbonyl (C=O) groups excluding carboxylic acids is 1. The molecule has 1 aliphatic rings. The molecule has 1 saturated heterocycles. The van der Waals surface area contributed by atoms with Crippen LogP contribution >= 0.6 is 11.8 Å². The van der Waals surface area contributed by atoms with Crippen molar-refractivity contribution < 1.29 is 4.79 Å². The molecule has 6 nitrogen and oxygen atoms in total. The smallest absolute Gasteiger partial charge is 0.253 e. The summed E-state index contributed by atoms with van der Waals surface area (Å²) in [5, 5.41) is 5.22. The summed E-state index contributed by atoms with van der Waals surface area (Å²) >= 11 is 1.51. The SMILES string of the molecule is CSc1nc2nc(C)c(CCC(=O)N3CCCC3Cc3ccccc3)c(C)n2n1. The van der Waals surface area contributed by atoms with Gasteiger partial charge in [0.25, 0.3) is 5.78 Å². The van der Waals surface area contributed by atoms with Gasteiger partial charge < -0.3 is 4.90 Å². The van der Waals surface area contributed by atoms with Gasteiger partial charge in [-0.2, -0.15) is 4.98 Å². The Balaban J connectivity index is 1.46. The van der Waals surface area contributed by atoms with Crippen LogP contribution in [0.2, 0.25) is 0 Å². The van der Waals surface area contributed by atoms with Gasteiger partial charge in [0.15, 0.2) is 0 Å². The maximum atomic E-state index is 13.0. The predicted octanol–water partition coefficient (Wildman–Crippen LogP) is 3.63. The van der Waals surface area contributed by atoms with E-state index in [-0.39, 0.29) is 5.91 Å². The number of benzene rings is 1. The normalized spacial score (nSPS) is 16.7. The fourth-order valence-corrected chi connectivity index (χ4v) is 4.61. The van der Waals surface area contributed by atoms with Gasteiger partial charge in [-0.3, -0.25) is 4.79 Å². The molecule has 0 N–H and O–H groups in total. The molecule has 29 heavy (non-hydrogen) atoms. The highest BCUT2D eigenvalue weighted by atomic mass is 32.2. The quantitative estimate of drug-likeness (QED) is 0.582. The van der Waals surface area contributed by atoms with Crippen molar-refractivity contribution in [3.63, 3.8) is 0 Å². The first-order chi connectivity index (χ1) is 14.1. The Kier molecular flexibility index (Phi) is 5.85. The summed E-state index contributed by atoms with van der Waals surface area (Å²) < 4.78 is 1.80. The molecule has 1 unspecified atom stereocenters. The molecular formula is C22H27N5OS. The first-order valence-corrected chi connectivity index (χ1v) is 11.4. The molecule has 3 aromatic rings. The Morgan fingerprint density at radius 3 is 2.76 bits per heavy atom. The van der Waals surface area contributed by atoms with Crippen LogP contribution in [-0.4, -0.2) is 49.2 Å². The van der Waals surface area contributed by atoms with Gasteiger partial charge in [-0.15, -0.1) is 5.10 Å². The summed E-state index contributed by atoms with van der Waals surface area (Å²) in [6, 6.07) is 10.8. The number of nitrogens with zero attached hydrogens (tertiary/aromatic N) is 5. The highest BCUT2D eigenvalue weighted by molar-refractivity contribution is 7.98. The molecule has 2 aromatic heterocycles. The Morgan fingerprint density at radius 1 is 1.21 bits per heavy atom. The van der Waals surface area contributed by atoms with Crippen molar-refractivity contribution in [2.45, 2.75) is 57.1 Å². The second kappa shape index (κ2) is 8.53.